The van der Waals surface area contributed by atoms with Crippen molar-refractivity contribution >= 4 is 19.7 Å². The fourth-order valence-electron chi connectivity index (χ4n) is 1.33. The molecule has 0 spiro atoms. The van der Waals surface area contributed by atoms with Crippen molar-refractivity contribution in [3.05, 3.63) is 0 Å². The van der Waals surface area contributed by atoms with E-state index >= 15 is 0 Å². The van der Waals surface area contributed by atoms with E-state index in [4.69, 9.17) is 13.8 Å². The molecule has 18 heavy (non-hydrogen) atoms. The van der Waals surface area contributed by atoms with Crippen LogP contribution in [0.5, 0.6) is 0 Å². The van der Waals surface area contributed by atoms with Crippen molar-refractivity contribution in [2.24, 2.45) is 0 Å². The van der Waals surface area contributed by atoms with E-state index in [9.17, 15) is 14.2 Å². The Morgan fingerprint density at radius 2 is 1.83 bits per heavy atom. The number of hydrogen-bond donors (Lipinski definition) is 0. The summed E-state index contributed by atoms with van der Waals surface area (Å²) < 4.78 is 27.7. The molecule has 0 rings (SSSR count). The highest BCUT2D eigenvalue weighted by atomic mass is 31.2. The molecule has 0 fully saturated rings. The van der Waals surface area contributed by atoms with Crippen LogP contribution in [0.4, 0.5) is 0 Å². The molecule has 0 aliphatic rings. The van der Waals surface area contributed by atoms with Gasteiger partial charge >= 0.3 is 7.60 Å². The van der Waals surface area contributed by atoms with Gasteiger partial charge in [-0.25, -0.2) is 0 Å². The Kier molecular flexibility index (Phi) is 9.10. The minimum atomic E-state index is -3.59. The number of carbonyl (C=O) groups is 2. The second-order valence-corrected chi connectivity index (χ2v) is 5.58. The van der Waals surface area contributed by atoms with Crippen LogP contribution in [0.3, 0.4) is 0 Å². The first-order chi connectivity index (χ1) is 8.51. The first-order valence-corrected chi connectivity index (χ1v) is 7.57. The molecule has 1 atom stereocenters. The molecule has 0 amide bonds. The van der Waals surface area contributed by atoms with Crippen molar-refractivity contribution in [1.29, 1.82) is 0 Å². The van der Waals surface area contributed by atoms with Crippen molar-refractivity contribution in [2.75, 3.05) is 19.8 Å². The van der Waals surface area contributed by atoms with Crippen molar-refractivity contribution in [3.63, 3.8) is 0 Å². The minimum absolute atomic E-state index is 0.160. The van der Waals surface area contributed by atoms with E-state index in [0.29, 0.717) is 12.8 Å². The van der Waals surface area contributed by atoms with Gasteiger partial charge in [0.1, 0.15) is 6.29 Å². The molecule has 106 valence electrons. The SMILES string of the molecule is CCOP(=O)(OCC)C(OCCCC=O)C(C)=O. The zero-order valence-corrected chi connectivity index (χ0v) is 12.0. The summed E-state index contributed by atoms with van der Waals surface area (Å²) in [5, 5.41) is 0. The third kappa shape index (κ3) is 5.87. The summed E-state index contributed by atoms with van der Waals surface area (Å²) in [6.07, 6.45) is 1.56. The van der Waals surface area contributed by atoms with Crippen molar-refractivity contribution in [1.82, 2.24) is 0 Å². The third-order valence-corrected chi connectivity index (χ3v) is 4.32. The Morgan fingerprint density at radius 1 is 1.28 bits per heavy atom. The molecule has 6 nitrogen and oxygen atoms in total. The standard InChI is InChI=1S/C11H21O6P/c1-4-16-18(14,17-5-2)11(10(3)13)15-9-7-6-8-12/h8,11H,4-7,9H2,1-3H3. The number of hydrogen-bond acceptors (Lipinski definition) is 6. The summed E-state index contributed by atoms with van der Waals surface area (Å²) in [7, 11) is -3.59. The summed E-state index contributed by atoms with van der Waals surface area (Å²) in [6.45, 7) is 5.09. The molecular formula is C11H21O6P. The highest BCUT2D eigenvalue weighted by Gasteiger charge is 2.39. The summed E-state index contributed by atoms with van der Waals surface area (Å²) in [4.78, 5) is 21.6. The molecule has 0 aromatic rings. The molecule has 0 radical (unpaired) electrons. The van der Waals surface area contributed by atoms with Gasteiger partial charge in [0.25, 0.3) is 0 Å². The average Bonchev–Trinajstić information content (AvgIpc) is 2.28. The van der Waals surface area contributed by atoms with Crippen LogP contribution in [0.2, 0.25) is 0 Å². The van der Waals surface area contributed by atoms with E-state index in [1.807, 2.05) is 0 Å². The van der Waals surface area contributed by atoms with E-state index in [2.05, 4.69) is 0 Å². The Balaban J connectivity index is 4.65. The van der Waals surface area contributed by atoms with Gasteiger partial charge in [-0.2, -0.15) is 0 Å². The lowest BCUT2D eigenvalue weighted by molar-refractivity contribution is -0.124. The quantitative estimate of drug-likeness (QED) is 0.328. The summed E-state index contributed by atoms with van der Waals surface area (Å²) in [5.41, 5.74) is 0. The van der Waals surface area contributed by atoms with E-state index in [-0.39, 0.29) is 19.8 Å². The second kappa shape index (κ2) is 9.39. The van der Waals surface area contributed by atoms with Gasteiger partial charge in [-0.05, 0) is 27.2 Å². The number of carbonyl (C=O) groups excluding carboxylic acids is 2. The summed E-state index contributed by atoms with van der Waals surface area (Å²) >= 11 is 0. The number of Topliss-reactive ketones (excluding diaryl/α,β-unsaturated/α-hetero) is 1. The molecule has 0 bridgehead atoms. The highest BCUT2D eigenvalue weighted by Crippen LogP contribution is 2.53. The van der Waals surface area contributed by atoms with Gasteiger partial charge in [0.2, 0.25) is 5.85 Å². The van der Waals surface area contributed by atoms with Crippen LogP contribution >= 0.6 is 7.60 Å². The summed E-state index contributed by atoms with van der Waals surface area (Å²) in [5.74, 6) is -1.63. The van der Waals surface area contributed by atoms with Crippen LogP contribution in [-0.2, 0) is 27.9 Å². The van der Waals surface area contributed by atoms with Gasteiger partial charge in [-0.3, -0.25) is 9.36 Å². The number of ketones is 1. The zero-order chi connectivity index (χ0) is 14.0. The van der Waals surface area contributed by atoms with Crippen molar-refractivity contribution < 1.29 is 27.9 Å². The molecule has 0 saturated heterocycles. The monoisotopic (exact) mass is 280 g/mol. The normalized spacial score (nSPS) is 13.3. The largest absolute Gasteiger partial charge is 0.366 e. The maximum Gasteiger partial charge on any atom is 0.366 e. The molecule has 0 heterocycles. The molecular weight excluding hydrogens is 259 g/mol. The lowest BCUT2D eigenvalue weighted by Gasteiger charge is -2.24. The first kappa shape index (κ1) is 17.4. The van der Waals surface area contributed by atoms with Crippen LogP contribution in [-0.4, -0.2) is 37.7 Å². The maximum atomic E-state index is 12.4. The van der Waals surface area contributed by atoms with Gasteiger partial charge in [0.15, 0.2) is 5.78 Å². The van der Waals surface area contributed by atoms with Crippen LogP contribution in [0.1, 0.15) is 33.6 Å². The van der Waals surface area contributed by atoms with Gasteiger partial charge < -0.3 is 18.6 Å². The Labute approximate surface area is 108 Å². The Bertz CT molecular complexity index is 294. The predicted molar refractivity (Wildman–Crippen MR) is 66.6 cm³/mol. The van der Waals surface area contributed by atoms with Crippen LogP contribution in [0.25, 0.3) is 0 Å². The molecule has 0 aromatic carbocycles. The van der Waals surface area contributed by atoms with E-state index in [0.717, 1.165) is 6.29 Å². The molecule has 0 aromatic heterocycles. The second-order valence-electron chi connectivity index (χ2n) is 3.52. The van der Waals surface area contributed by atoms with E-state index in [1.165, 1.54) is 6.92 Å². The molecule has 1 unspecified atom stereocenters. The van der Waals surface area contributed by atoms with Gasteiger partial charge in [-0.15, -0.1) is 0 Å². The first-order valence-electron chi connectivity index (χ1n) is 5.96. The van der Waals surface area contributed by atoms with Crippen LogP contribution in [0, 0.1) is 0 Å². The fourth-order valence-corrected chi connectivity index (χ4v) is 3.12. The topological polar surface area (TPSA) is 78.9 Å². The van der Waals surface area contributed by atoms with Gasteiger partial charge in [-0.1, -0.05) is 0 Å². The van der Waals surface area contributed by atoms with E-state index in [1.54, 1.807) is 13.8 Å². The number of ether oxygens (including phenoxy) is 1. The predicted octanol–water partition coefficient (Wildman–Crippen LogP) is 2.16. The molecule has 0 aliphatic carbocycles. The molecule has 7 heteroatoms. The van der Waals surface area contributed by atoms with Gasteiger partial charge in [0.05, 0.1) is 13.2 Å². The zero-order valence-electron chi connectivity index (χ0n) is 11.1. The Morgan fingerprint density at radius 3 is 2.22 bits per heavy atom. The van der Waals surface area contributed by atoms with Crippen molar-refractivity contribution in [2.45, 2.75) is 39.5 Å². The lowest BCUT2D eigenvalue weighted by atomic mass is 10.3. The molecule has 0 N–H and O–H groups in total. The smallest absolute Gasteiger partial charge is 0.358 e. The Hall–Kier alpha value is -0.550. The van der Waals surface area contributed by atoms with Crippen molar-refractivity contribution in [3.8, 4) is 0 Å². The molecule has 0 saturated carbocycles. The number of unbranched alkanes of at least 4 members (excludes halogenated alkanes) is 1. The number of rotatable bonds is 11. The number of aldehydes is 1. The highest BCUT2D eigenvalue weighted by molar-refractivity contribution is 7.55. The van der Waals surface area contributed by atoms with Gasteiger partial charge in [0, 0.05) is 13.0 Å². The maximum absolute atomic E-state index is 12.4. The third-order valence-electron chi connectivity index (χ3n) is 2.00. The lowest BCUT2D eigenvalue weighted by Crippen LogP contribution is -2.25. The average molecular weight is 280 g/mol. The molecule has 0 aliphatic heterocycles. The summed E-state index contributed by atoms with van der Waals surface area (Å²) in [6, 6.07) is 0. The van der Waals surface area contributed by atoms with Crippen LogP contribution < -0.4 is 0 Å². The van der Waals surface area contributed by atoms with E-state index < -0.39 is 19.2 Å². The minimum Gasteiger partial charge on any atom is -0.358 e. The van der Waals surface area contributed by atoms with Crippen LogP contribution in [0.15, 0.2) is 0 Å². The fraction of sp³-hybridized carbons (Fsp3) is 0.818.